The molecule has 0 aliphatic heterocycles. The molecule has 0 fully saturated rings. The van der Waals surface area contributed by atoms with Gasteiger partial charge in [-0.25, -0.2) is 4.98 Å². The smallest absolute Gasteiger partial charge is 0.255 e. The number of nitrogens with one attached hydrogen (secondary N) is 1. The maximum atomic E-state index is 12.3. The number of pyridine rings is 1. The Morgan fingerprint density at radius 3 is 2.48 bits per heavy atom. The molecule has 110 valence electrons. The van der Waals surface area contributed by atoms with E-state index in [9.17, 15) is 4.79 Å². The Morgan fingerprint density at radius 2 is 1.90 bits per heavy atom. The van der Waals surface area contributed by atoms with Crippen molar-refractivity contribution in [3.63, 3.8) is 0 Å². The summed E-state index contributed by atoms with van der Waals surface area (Å²) in [6.07, 6.45) is 0.686. The highest BCUT2D eigenvalue weighted by atomic mass is 79.9. The number of rotatable bonds is 3. The Morgan fingerprint density at radius 1 is 1.29 bits per heavy atom. The third kappa shape index (κ3) is 3.87. The van der Waals surface area contributed by atoms with E-state index in [-0.39, 0.29) is 5.91 Å². The third-order valence-corrected chi connectivity index (χ3v) is 3.82. The molecule has 1 heterocycles. The molecule has 2 rings (SSSR count). The number of aromatic nitrogens is 1. The van der Waals surface area contributed by atoms with Crippen LogP contribution in [0.5, 0.6) is 0 Å². The fraction of sp³-hybridized carbons (Fsp3) is 0.143. The van der Waals surface area contributed by atoms with Crippen molar-refractivity contribution < 1.29 is 4.79 Å². The second-order valence-electron chi connectivity index (χ2n) is 4.32. The van der Waals surface area contributed by atoms with Crippen molar-refractivity contribution in [2.45, 2.75) is 13.3 Å². The SMILES string of the molecule is CCc1cc(C(=O)Nc2c(Cl)cc(Br)cc2Cl)cc(N)n1. The topological polar surface area (TPSA) is 68.0 Å². The molecule has 1 aromatic carbocycles. The van der Waals surface area contributed by atoms with Gasteiger partial charge in [-0.15, -0.1) is 0 Å². The molecule has 0 radical (unpaired) electrons. The van der Waals surface area contributed by atoms with Crippen LogP contribution >= 0.6 is 39.1 Å². The van der Waals surface area contributed by atoms with Gasteiger partial charge in [0.2, 0.25) is 0 Å². The summed E-state index contributed by atoms with van der Waals surface area (Å²) in [5.41, 5.74) is 7.21. The highest BCUT2D eigenvalue weighted by Gasteiger charge is 2.14. The van der Waals surface area contributed by atoms with Gasteiger partial charge in [0.1, 0.15) is 5.82 Å². The largest absolute Gasteiger partial charge is 0.384 e. The summed E-state index contributed by atoms with van der Waals surface area (Å²) in [6.45, 7) is 1.94. The van der Waals surface area contributed by atoms with Gasteiger partial charge in [0.15, 0.2) is 0 Å². The second-order valence-corrected chi connectivity index (χ2v) is 6.05. The molecule has 2 aromatic rings. The number of aryl methyl sites for hydroxylation is 1. The van der Waals surface area contributed by atoms with Gasteiger partial charge in [-0.1, -0.05) is 46.1 Å². The van der Waals surface area contributed by atoms with Crippen LogP contribution in [0.2, 0.25) is 10.0 Å². The number of carbonyl (C=O) groups is 1. The van der Waals surface area contributed by atoms with Crippen molar-refractivity contribution in [3.05, 3.63) is 50.0 Å². The number of hydrogen-bond donors (Lipinski definition) is 2. The molecule has 3 N–H and O–H groups in total. The van der Waals surface area contributed by atoms with Gasteiger partial charge in [-0.05, 0) is 30.7 Å². The van der Waals surface area contributed by atoms with E-state index in [4.69, 9.17) is 28.9 Å². The standard InChI is InChI=1S/C14H12BrCl2N3O/c1-2-9-3-7(4-12(18)19-9)14(21)20-13-10(16)5-8(15)6-11(13)17/h3-6H,2H2,1H3,(H2,18,19)(H,20,21). The first-order valence-electron chi connectivity index (χ1n) is 6.13. The van der Waals surface area contributed by atoms with Crippen LogP contribution in [0.1, 0.15) is 23.0 Å². The van der Waals surface area contributed by atoms with E-state index >= 15 is 0 Å². The zero-order chi connectivity index (χ0) is 15.6. The van der Waals surface area contributed by atoms with E-state index in [0.29, 0.717) is 33.5 Å². The number of nitrogens with zero attached hydrogens (tertiary/aromatic N) is 1. The van der Waals surface area contributed by atoms with Gasteiger partial charge >= 0.3 is 0 Å². The van der Waals surface area contributed by atoms with E-state index < -0.39 is 0 Å². The number of halogens is 3. The number of anilines is 2. The molecule has 1 aromatic heterocycles. The second kappa shape index (κ2) is 6.64. The number of benzene rings is 1. The first kappa shape index (κ1) is 16.1. The van der Waals surface area contributed by atoms with Crippen molar-refractivity contribution in [2.75, 3.05) is 11.1 Å². The van der Waals surface area contributed by atoms with E-state index in [1.54, 1.807) is 18.2 Å². The van der Waals surface area contributed by atoms with E-state index in [0.717, 1.165) is 10.2 Å². The first-order chi connectivity index (χ1) is 9.90. The average Bonchev–Trinajstić information content (AvgIpc) is 2.41. The summed E-state index contributed by atoms with van der Waals surface area (Å²) in [7, 11) is 0. The van der Waals surface area contributed by atoms with E-state index in [2.05, 4.69) is 26.2 Å². The van der Waals surface area contributed by atoms with Gasteiger partial charge in [0, 0.05) is 15.7 Å². The zero-order valence-corrected chi connectivity index (χ0v) is 14.2. The van der Waals surface area contributed by atoms with Crippen LogP contribution in [0.25, 0.3) is 0 Å². The first-order valence-corrected chi connectivity index (χ1v) is 7.68. The van der Waals surface area contributed by atoms with Gasteiger partial charge in [-0.2, -0.15) is 0 Å². The van der Waals surface area contributed by atoms with Crippen molar-refractivity contribution >= 4 is 56.5 Å². The summed E-state index contributed by atoms with van der Waals surface area (Å²) < 4.78 is 0.733. The predicted octanol–water partition coefficient (Wildman–Crippen LogP) is 4.55. The Labute approximate surface area is 140 Å². The number of nitrogens with two attached hydrogens (primary N) is 1. The molecule has 0 aliphatic rings. The van der Waals surface area contributed by atoms with Crippen molar-refractivity contribution in [2.24, 2.45) is 0 Å². The Kier molecular flexibility index (Phi) is 5.08. The minimum atomic E-state index is -0.343. The summed E-state index contributed by atoms with van der Waals surface area (Å²) in [5, 5.41) is 3.39. The molecule has 0 aliphatic carbocycles. The quantitative estimate of drug-likeness (QED) is 0.810. The minimum absolute atomic E-state index is 0.299. The molecule has 0 saturated heterocycles. The summed E-state index contributed by atoms with van der Waals surface area (Å²) in [6, 6.07) is 6.50. The fourth-order valence-corrected chi connectivity index (χ4v) is 3.07. The molecule has 7 heteroatoms. The molecule has 1 amide bonds. The van der Waals surface area contributed by atoms with Gasteiger partial charge in [0.25, 0.3) is 5.91 Å². The zero-order valence-electron chi connectivity index (χ0n) is 11.1. The van der Waals surface area contributed by atoms with Gasteiger partial charge in [0.05, 0.1) is 15.7 Å². The maximum Gasteiger partial charge on any atom is 0.255 e. The molecular weight excluding hydrogens is 377 g/mol. The van der Waals surface area contributed by atoms with E-state index in [1.807, 2.05) is 6.92 Å². The monoisotopic (exact) mass is 387 g/mol. The van der Waals surface area contributed by atoms with Crippen molar-refractivity contribution in [1.82, 2.24) is 4.98 Å². The third-order valence-electron chi connectivity index (χ3n) is 2.77. The maximum absolute atomic E-state index is 12.3. The molecule has 0 unspecified atom stereocenters. The number of hydrogen-bond acceptors (Lipinski definition) is 3. The van der Waals surface area contributed by atoms with Crippen LogP contribution in [0.3, 0.4) is 0 Å². The summed E-state index contributed by atoms with van der Waals surface area (Å²) >= 11 is 15.5. The molecule has 21 heavy (non-hydrogen) atoms. The van der Waals surface area contributed by atoms with Crippen LogP contribution in [0.15, 0.2) is 28.7 Å². The molecule has 0 spiro atoms. The van der Waals surface area contributed by atoms with Crippen LogP contribution in [-0.2, 0) is 6.42 Å². The van der Waals surface area contributed by atoms with Crippen LogP contribution in [-0.4, -0.2) is 10.9 Å². The van der Waals surface area contributed by atoms with Crippen LogP contribution in [0, 0.1) is 0 Å². The lowest BCUT2D eigenvalue weighted by Crippen LogP contribution is -2.14. The number of amides is 1. The number of carbonyl (C=O) groups excluding carboxylic acids is 1. The molecule has 0 atom stereocenters. The Hall–Kier alpha value is -1.30. The summed E-state index contributed by atoms with van der Waals surface area (Å²) in [4.78, 5) is 16.4. The molecule has 4 nitrogen and oxygen atoms in total. The highest BCUT2D eigenvalue weighted by Crippen LogP contribution is 2.34. The average molecular weight is 389 g/mol. The summed E-state index contributed by atoms with van der Waals surface area (Å²) in [5.74, 6) is -0.0441. The Balaban J connectivity index is 2.32. The number of nitrogen functional groups attached to an aromatic ring is 1. The van der Waals surface area contributed by atoms with Gasteiger partial charge < -0.3 is 11.1 Å². The lowest BCUT2D eigenvalue weighted by atomic mass is 10.1. The lowest BCUT2D eigenvalue weighted by molar-refractivity contribution is 0.102. The fourth-order valence-electron chi connectivity index (χ4n) is 1.77. The lowest BCUT2D eigenvalue weighted by Gasteiger charge is -2.11. The molecule has 0 bridgehead atoms. The van der Waals surface area contributed by atoms with Crippen LogP contribution < -0.4 is 11.1 Å². The highest BCUT2D eigenvalue weighted by molar-refractivity contribution is 9.10. The van der Waals surface area contributed by atoms with Crippen molar-refractivity contribution in [3.8, 4) is 0 Å². The molecular formula is C14H12BrCl2N3O. The molecule has 0 saturated carbocycles. The van der Waals surface area contributed by atoms with Crippen molar-refractivity contribution in [1.29, 1.82) is 0 Å². The van der Waals surface area contributed by atoms with E-state index in [1.165, 1.54) is 6.07 Å². The predicted molar refractivity (Wildman–Crippen MR) is 90.1 cm³/mol. The minimum Gasteiger partial charge on any atom is -0.384 e. The van der Waals surface area contributed by atoms with Crippen LogP contribution in [0.4, 0.5) is 11.5 Å². The Bertz CT molecular complexity index is 684. The normalized spacial score (nSPS) is 10.5. The van der Waals surface area contributed by atoms with Gasteiger partial charge in [-0.3, -0.25) is 4.79 Å².